The summed E-state index contributed by atoms with van der Waals surface area (Å²) < 4.78 is 6.69. The first-order valence-electron chi connectivity index (χ1n) is 6.94. The first-order valence-corrected chi connectivity index (χ1v) is 8.11. The molecule has 0 aliphatic rings. The fourth-order valence-corrected chi connectivity index (χ4v) is 2.45. The van der Waals surface area contributed by atoms with Gasteiger partial charge in [0.2, 0.25) is 0 Å². The number of rotatable bonds is 5. The third kappa shape index (κ3) is 4.37. The van der Waals surface area contributed by atoms with E-state index in [4.69, 9.17) is 16.3 Å². The average molecular weight is 377 g/mol. The van der Waals surface area contributed by atoms with E-state index in [-0.39, 0.29) is 0 Å². The topological polar surface area (TPSA) is 33.0 Å². The van der Waals surface area contributed by atoms with Crippen LogP contribution in [0, 0.1) is 11.3 Å². The number of hydrogen-bond acceptors (Lipinski definition) is 2. The Morgan fingerprint density at radius 1 is 1.27 bits per heavy atom. The molecule has 0 amide bonds. The van der Waals surface area contributed by atoms with Crippen molar-refractivity contribution < 1.29 is 4.74 Å². The van der Waals surface area contributed by atoms with Crippen LogP contribution in [0.25, 0.3) is 11.6 Å². The second-order valence-corrected chi connectivity index (χ2v) is 6.06. The predicted octanol–water partition coefficient (Wildman–Crippen LogP) is 5.96. The molecule has 0 N–H and O–H groups in total. The van der Waals surface area contributed by atoms with Gasteiger partial charge in [-0.2, -0.15) is 5.26 Å². The molecular weight excluding hydrogens is 362 g/mol. The Balaban J connectivity index is 2.42. The summed E-state index contributed by atoms with van der Waals surface area (Å²) in [6.07, 6.45) is 2.76. The van der Waals surface area contributed by atoms with Crippen molar-refractivity contribution in [1.29, 1.82) is 5.26 Å². The standard InChI is InChI=1S/C18H15BrClNO/c1-2-9-22-18-8-5-16(19)11-14(18)10-15(12-21)13-3-6-17(20)7-4-13/h3-8,10-11H,2,9H2,1H3. The van der Waals surface area contributed by atoms with Crippen LogP contribution >= 0.6 is 27.5 Å². The van der Waals surface area contributed by atoms with Crippen molar-refractivity contribution in [3.8, 4) is 11.8 Å². The maximum absolute atomic E-state index is 9.44. The van der Waals surface area contributed by atoms with Crippen molar-refractivity contribution in [1.82, 2.24) is 0 Å². The summed E-state index contributed by atoms with van der Waals surface area (Å²) >= 11 is 9.35. The van der Waals surface area contributed by atoms with Gasteiger partial charge in [0.15, 0.2) is 0 Å². The molecule has 0 aliphatic heterocycles. The molecule has 22 heavy (non-hydrogen) atoms. The molecule has 2 rings (SSSR count). The van der Waals surface area contributed by atoms with Crippen molar-refractivity contribution in [2.24, 2.45) is 0 Å². The molecule has 0 fully saturated rings. The highest BCUT2D eigenvalue weighted by atomic mass is 79.9. The van der Waals surface area contributed by atoms with Crippen molar-refractivity contribution >= 4 is 39.2 Å². The fraction of sp³-hybridized carbons (Fsp3) is 0.167. The maximum atomic E-state index is 9.44. The van der Waals surface area contributed by atoms with Crippen molar-refractivity contribution in [2.45, 2.75) is 13.3 Å². The number of hydrogen-bond donors (Lipinski definition) is 0. The Morgan fingerprint density at radius 3 is 2.64 bits per heavy atom. The van der Waals surface area contributed by atoms with Gasteiger partial charge in [0.25, 0.3) is 0 Å². The summed E-state index contributed by atoms with van der Waals surface area (Å²) in [5.41, 5.74) is 2.26. The largest absolute Gasteiger partial charge is 0.493 e. The highest BCUT2D eigenvalue weighted by Gasteiger charge is 2.06. The van der Waals surface area contributed by atoms with Crippen LogP contribution in [0.4, 0.5) is 0 Å². The zero-order valence-corrected chi connectivity index (χ0v) is 14.5. The van der Waals surface area contributed by atoms with Gasteiger partial charge >= 0.3 is 0 Å². The van der Waals surface area contributed by atoms with Gasteiger partial charge in [-0.05, 0) is 48.4 Å². The zero-order chi connectivity index (χ0) is 15.9. The Labute approximate surface area is 144 Å². The molecule has 2 aromatic rings. The first kappa shape index (κ1) is 16.6. The molecule has 2 aromatic carbocycles. The van der Waals surface area contributed by atoms with Crippen LogP contribution in [-0.4, -0.2) is 6.61 Å². The van der Waals surface area contributed by atoms with Gasteiger partial charge in [0.1, 0.15) is 5.75 Å². The molecule has 0 saturated heterocycles. The normalized spacial score (nSPS) is 11.1. The average Bonchev–Trinajstić information content (AvgIpc) is 2.53. The minimum Gasteiger partial charge on any atom is -0.493 e. The van der Waals surface area contributed by atoms with E-state index in [9.17, 15) is 5.26 Å². The SMILES string of the molecule is CCCOc1ccc(Br)cc1C=C(C#N)c1ccc(Cl)cc1. The monoisotopic (exact) mass is 375 g/mol. The zero-order valence-electron chi connectivity index (χ0n) is 12.1. The summed E-state index contributed by atoms with van der Waals surface area (Å²) in [5.74, 6) is 0.770. The molecule has 4 heteroatoms. The van der Waals surface area contributed by atoms with Crippen LogP contribution < -0.4 is 4.74 Å². The van der Waals surface area contributed by atoms with E-state index in [1.807, 2.05) is 36.4 Å². The van der Waals surface area contributed by atoms with Gasteiger partial charge in [-0.25, -0.2) is 0 Å². The lowest BCUT2D eigenvalue weighted by molar-refractivity contribution is 0.317. The molecule has 0 saturated carbocycles. The Bertz CT molecular complexity index is 717. The number of ether oxygens (including phenoxy) is 1. The predicted molar refractivity (Wildman–Crippen MR) is 94.9 cm³/mol. The van der Waals surface area contributed by atoms with Crippen molar-refractivity contribution in [3.05, 3.63) is 63.1 Å². The highest BCUT2D eigenvalue weighted by Crippen LogP contribution is 2.28. The molecule has 0 aromatic heterocycles. The second kappa shape index (κ2) is 8.03. The van der Waals surface area contributed by atoms with Crippen LogP contribution in [-0.2, 0) is 0 Å². The summed E-state index contributed by atoms with van der Waals surface area (Å²) in [7, 11) is 0. The minimum atomic E-state index is 0.566. The van der Waals surface area contributed by atoms with Gasteiger partial charge in [0.05, 0.1) is 18.2 Å². The fourth-order valence-electron chi connectivity index (χ4n) is 1.94. The van der Waals surface area contributed by atoms with Gasteiger partial charge < -0.3 is 4.74 Å². The number of nitriles is 1. The Kier molecular flexibility index (Phi) is 6.06. The summed E-state index contributed by atoms with van der Waals surface area (Å²) in [6, 6.07) is 15.2. The quantitative estimate of drug-likeness (QED) is 0.477. The Hall–Kier alpha value is -1.76. The van der Waals surface area contributed by atoms with Gasteiger partial charge in [-0.3, -0.25) is 0 Å². The third-order valence-corrected chi connectivity index (χ3v) is 3.75. The van der Waals surface area contributed by atoms with E-state index in [1.165, 1.54) is 0 Å². The molecule has 0 heterocycles. The van der Waals surface area contributed by atoms with E-state index >= 15 is 0 Å². The Morgan fingerprint density at radius 2 is 2.00 bits per heavy atom. The molecule has 0 aliphatic carbocycles. The lowest BCUT2D eigenvalue weighted by Gasteiger charge is -2.09. The molecule has 2 nitrogen and oxygen atoms in total. The summed E-state index contributed by atoms with van der Waals surface area (Å²) in [6.45, 7) is 2.70. The van der Waals surface area contributed by atoms with E-state index < -0.39 is 0 Å². The van der Waals surface area contributed by atoms with Crippen molar-refractivity contribution in [3.63, 3.8) is 0 Å². The molecule has 0 radical (unpaired) electrons. The van der Waals surface area contributed by atoms with Crippen LogP contribution in [0.2, 0.25) is 5.02 Å². The molecule has 0 atom stereocenters. The van der Waals surface area contributed by atoms with E-state index in [1.54, 1.807) is 12.1 Å². The van der Waals surface area contributed by atoms with Gasteiger partial charge in [-0.1, -0.05) is 46.6 Å². The maximum Gasteiger partial charge on any atom is 0.126 e. The first-order chi connectivity index (χ1) is 10.6. The van der Waals surface area contributed by atoms with Crippen LogP contribution in [0.3, 0.4) is 0 Å². The van der Waals surface area contributed by atoms with E-state index in [2.05, 4.69) is 28.9 Å². The molecule has 0 bridgehead atoms. The van der Waals surface area contributed by atoms with Gasteiger partial charge in [-0.15, -0.1) is 0 Å². The summed E-state index contributed by atoms with van der Waals surface area (Å²) in [4.78, 5) is 0. The summed E-state index contributed by atoms with van der Waals surface area (Å²) in [5, 5.41) is 10.1. The lowest BCUT2D eigenvalue weighted by Crippen LogP contribution is -1.97. The highest BCUT2D eigenvalue weighted by molar-refractivity contribution is 9.10. The number of nitrogens with zero attached hydrogens (tertiary/aromatic N) is 1. The van der Waals surface area contributed by atoms with Gasteiger partial charge in [0, 0.05) is 15.1 Å². The molecular formula is C18H15BrClNO. The van der Waals surface area contributed by atoms with E-state index in [0.717, 1.165) is 27.8 Å². The molecule has 0 spiro atoms. The molecule has 112 valence electrons. The van der Waals surface area contributed by atoms with Crippen LogP contribution in [0.15, 0.2) is 46.9 Å². The number of benzene rings is 2. The third-order valence-electron chi connectivity index (χ3n) is 3.01. The smallest absolute Gasteiger partial charge is 0.126 e. The second-order valence-electron chi connectivity index (χ2n) is 4.71. The molecule has 0 unspecified atom stereocenters. The lowest BCUT2D eigenvalue weighted by atomic mass is 10.0. The van der Waals surface area contributed by atoms with Crippen LogP contribution in [0.1, 0.15) is 24.5 Å². The van der Waals surface area contributed by atoms with E-state index in [0.29, 0.717) is 17.2 Å². The number of halogens is 2. The minimum absolute atomic E-state index is 0.566. The van der Waals surface area contributed by atoms with Crippen LogP contribution in [0.5, 0.6) is 5.75 Å². The number of allylic oxidation sites excluding steroid dienone is 1. The van der Waals surface area contributed by atoms with Crippen molar-refractivity contribution in [2.75, 3.05) is 6.61 Å².